The summed E-state index contributed by atoms with van der Waals surface area (Å²) in [6, 6.07) is 5.82. The average Bonchev–Trinajstić information content (AvgIpc) is 2.79. The van der Waals surface area contributed by atoms with Crippen molar-refractivity contribution in [3.8, 4) is 0 Å². The first-order valence-electron chi connectivity index (χ1n) is 5.69. The lowest BCUT2D eigenvalue weighted by Gasteiger charge is -2.10. The van der Waals surface area contributed by atoms with Gasteiger partial charge in [0.05, 0.1) is 18.3 Å². The minimum absolute atomic E-state index is 0.00944. The Bertz CT molecular complexity index is 372. The van der Waals surface area contributed by atoms with Gasteiger partial charge in [-0.25, -0.2) is 0 Å². The summed E-state index contributed by atoms with van der Waals surface area (Å²) >= 11 is 0. The SMILES string of the molecule is Cc1cccc(CNC(=O)C2CCCN2)n1. The topological polar surface area (TPSA) is 54.0 Å². The van der Waals surface area contributed by atoms with Crippen molar-refractivity contribution in [3.05, 3.63) is 29.6 Å². The van der Waals surface area contributed by atoms with Gasteiger partial charge in [-0.3, -0.25) is 9.78 Å². The maximum Gasteiger partial charge on any atom is 0.237 e. The number of pyridine rings is 1. The smallest absolute Gasteiger partial charge is 0.237 e. The minimum atomic E-state index is -0.00944. The summed E-state index contributed by atoms with van der Waals surface area (Å²) in [6.07, 6.45) is 2.02. The second kappa shape index (κ2) is 5.07. The van der Waals surface area contributed by atoms with Gasteiger partial charge in [0, 0.05) is 5.69 Å². The molecule has 0 radical (unpaired) electrons. The first kappa shape index (κ1) is 11.1. The maximum absolute atomic E-state index is 11.7. The van der Waals surface area contributed by atoms with Crippen LogP contribution >= 0.6 is 0 Å². The molecule has 0 aromatic carbocycles. The van der Waals surface area contributed by atoms with Gasteiger partial charge >= 0.3 is 0 Å². The van der Waals surface area contributed by atoms with E-state index in [1.807, 2.05) is 25.1 Å². The number of hydrogen-bond donors (Lipinski definition) is 2. The molecule has 4 nitrogen and oxygen atoms in total. The van der Waals surface area contributed by atoms with Crippen LogP contribution in [0.5, 0.6) is 0 Å². The van der Waals surface area contributed by atoms with E-state index >= 15 is 0 Å². The molecule has 0 aliphatic carbocycles. The van der Waals surface area contributed by atoms with E-state index < -0.39 is 0 Å². The summed E-state index contributed by atoms with van der Waals surface area (Å²) < 4.78 is 0. The van der Waals surface area contributed by atoms with Crippen LogP contribution in [0, 0.1) is 6.92 Å². The van der Waals surface area contributed by atoms with Crippen LogP contribution in [0.15, 0.2) is 18.2 Å². The highest BCUT2D eigenvalue weighted by Crippen LogP contribution is 2.05. The Kier molecular flexibility index (Phi) is 3.51. The molecular weight excluding hydrogens is 202 g/mol. The number of rotatable bonds is 3. The maximum atomic E-state index is 11.7. The molecule has 1 aromatic rings. The number of carbonyl (C=O) groups is 1. The predicted octanol–water partition coefficient (Wildman–Crippen LogP) is 0.758. The highest BCUT2D eigenvalue weighted by atomic mass is 16.2. The highest BCUT2D eigenvalue weighted by Gasteiger charge is 2.21. The van der Waals surface area contributed by atoms with Gasteiger partial charge in [-0.05, 0) is 38.4 Å². The van der Waals surface area contributed by atoms with E-state index in [1.165, 1.54) is 0 Å². The van der Waals surface area contributed by atoms with Gasteiger partial charge < -0.3 is 10.6 Å². The Hall–Kier alpha value is -1.42. The minimum Gasteiger partial charge on any atom is -0.349 e. The number of carbonyl (C=O) groups excluding carboxylic acids is 1. The first-order chi connectivity index (χ1) is 7.75. The largest absolute Gasteiger partial charge is 0.349 e. The molecule has 2 heterocycles. The van der Waals surface area contributed by atoms with Gasteiger partial charge in [-0.2, -0.15) is 0 Å². The number of aryl methyl sites for hydroxylation is 1. The van der Waals surface area contributed by atoms with Gasteiger partial charge in [-0.15, -0.1) is 0 Å². The lowest BCUT2D eigenvalue weighted by molar-refractivity contribution is -0.122. The fraction of sp³-hybridized carbons (Fsp3) is 0.500. The fourth-order valence-electron chi connectivity index (χ4n) is 1.91. The molecule has 1 atom stereocenters. The molecule has 1 aromatic heterocycles. The molecule has 86 valence electrons. The number of aromatic nitrogens is 1. The van der Waals surface area contributed by atoms with Gasteiger partial charge in [0.1, 0.15) is 0 Å². The van der Waals surface area contributed by atoms with Crippen LogP contribution in [0.25, 0.3) is 0 Å². The second-order valence-corrected chi connectivity index (χ2v) is 4.14. The normalized spacial score (nSPS) is 19.7. The first-order valence-corrected chi connectivity index (χ1v) is 5.69. The van der Waals surface area contributed by atoms with E-state index in [-0.39, 0.29) is 11.9 Å². The summed E-state index contributed by atoms with van der Waals surface area (Å²) in [7, 11) is 0. The van der Waals surface area contributed by atoms with E-state index in [2.05, 4.69) is 15.6 Å². The molecule has 1 fully saturated rings. The van der Waals surface area contributed by atoms with Crippen molar-refractivity contribution in [3.63, 3.8) is 0 Å². The molecular formula is C12H17N3O. The van der Waals surface area contributed by atoms with Crippen molar-refractivity contribution < 1.29 is 4.79 Å². The Balaban J connectivity index is 1.84. The molecule has 1 aliphatic heterocycles. The van der Waals surface area contributed by atoms with Crippen LogP contribution in [0.2, 0.25) is 0 Å². The summed E-state index contributed by atoms with van der Waals surface area (Å²) in [4.78, 5) is 16.0. The fourth-order valence-corrected chi connectivity index (χ4v) is 1.91. The third-order valence-electron chi connectivity index (χ3n) is 2.77. The Morgan fingerprint density at radius 2 is 2.50 bits per heavy atom. The summed E-state index contributed by atoms with van der Waals surface area (Å²) in [5.74, 6) is 0.0841. The standard InChI is InChI=1S/C12H17N3O/c1-9-4-2-5-10(15-9)8-14-12(16)11-6-3-7-13-11/h2,4-5,11,13H,3,6-8H2,1H3,(H,14,16). The zero-order valence-corrected chi connectivity index (χ0v) is 9.49. The number of hydrogen-bond acceptors (Lipinski definition) is 3. The molecule has 1 amide bonds. The van der Waals surface area contributed by atoms with Crippen molar-refractivity contribution in [2.75, 3.05) is 6.54 Å². The molecule has 2 rings (SSSR count). The van der Waals surface area contributed by atoms with Crippen LogP contribution in [-0.4, -0.2) is 23.5 Å². The zero-order chi connectivity index (χ0) is 11.4. The van der Waals surface area contributed by atoms with Crippen molar-refractivity contribution in [1.29, 1.82) is 0 Å². The molecule has 16 heavy (non-hydrogen) atoms. The lowest BCUT2D eigenvalue weighted by Crippen LogP contribution is -2.40. The average molecular weight is 219 g/mol. The van der Waals surface area contributed by atoms with Gasteiger partial charge in [0.15, 0.2) is 0 Å². The van der Waals surface area contributed by atoms with Crippen LogP contribution in [-0.2, 0) is 11.3 Å². The summed E-state index contributed by atoms with van der Waals surface area (Å²) in [5.41, 5.74) is 1.89. The van der Waals surface area contributed by atoms with E-state index in [4.69, 9.17) is 0 Å². The van der Waals surface area contributed by atoms with Crippen molar-refractivity contribution in [2.45, 2.75) is 32.4 Å². The van der Waals surface area contributed by atoms with E-state index in [0.29, 0.717) is 6.54 Å². The quantitative estimate of drug-likeness (QED) is 0.789. The monoisotopic (exact) mass is 219 g/mol. The molecule has 1 unspecified atom stereocenters. The van der Waals surface area contributed by atoms with Crippen molar-refractivity contribution in [2.24, 2.45) is 0 Å². The van der Waals surface area contributed by atoms with E-state index in [1.54, 1.807) is 0 Å². The second-order valence-electron chi connectivity index (χ2n) is 4.14. The highest BCUT2D eigenvalue weighted by molar-refractivity contribution is 5.81. The molecule has 1 aliphatic rings. The van der Waals surface area contributed by atoms with E-state index in [9.17, 15) is 4.79 Å². The van der Waals surface area contributed by atoms with Crippen molar-refractivity contribution >= 4 is 5.91 Å². The molecule has 1 saturated heterocycles. The van der Waals surface area contributed by atoms with Crippen LogP contribution < -0.4 is 10.6 Å². The summed E-state index contributed by atoms with van der Waals surface area (Å²) in [6.45, 7) is 3.41. The van der Waals surface area contributed by atoms with Crippen molar-refractivity contribution in [1.82, 2.24) is 15.6 Å². The van der Waals surface area contributed by atoms with Crippen LogP contribution in [0.3, 0.4) is 0 Å². The molecule has 2 N–H and O–H groups in total. The Morgan fingerprint density at radius 3 is 3.19 bits per heavy atom. The Morgan fingerprint density at radius 1 is 1.62 bits per heavy atom. The Labute approximate surface area is 95.5 Å². The molecule has 0 spiro atoms. The number of nitrogens with zero attached hydrogens (tertiary/aromatic N) is 1. The van der Waals surface area contributed by atoms with Crippen LogP contribution in [0.4, 0.5) is 0 Å². The lowest BCUT2D eigenvalue weighted by atomic mass is 10.2. The van der Waals surface area contributed by atoms with Crippen LogP contribution in [0.1, 0.15) is 24.2 Å². The predicted molar refractivity (Wildman–Crippen MR) is 61.8 cm³/mol. The van der Waals surface area contributed by atoms with Gasteiger partial charge in [-0.1, -0.05) is 6.07 Å². The molecule has 0 bridgehead atoms. The number of amides is 1. The third kappa shape index (κ3) is 2.79. The van der Waals surface area contributed by atoms with Gasteiger partial charge in [0.25, 0.3) is 0 Å². The van der Waals surface area contributed by atoms with E-state index in [0.717, 1.165) is 30.8 Å². The molecule has 4 heteroatoms. The number of nitrogens with one attached hydrogen (secondary N) is 2. The van der Waals surface area contributed by atoms with Gasteiger partial charge in [0.2, 0.25) is 5.91 Å². The molecule has 0 saturated carbocycles. The summed E-state index contributed by atoms with van der Waals surface area (Å²) in [5, 5.41) is 6.08. The third-order valence-corrected chi connectivity index (χ3v) is 2.77. The zero-order valence-electron chi connectivity index (χ0n) is 9.49.